The van der Waals surface area contributed by atoms with Gasteiger partial charge >= 0.3 is 6.18 Å². The highest BCUT2D eigenvalue weighted by molar-refractivity contribution is 6.31. The minimum absolute atomic E-state index is 0.0184. The van der Waals surface area contributed by atoms with E-state index in [0.29, 0.717) is 5.02 Å². The highest BCUT2D eigenvalue weighted by Gasteiger charge is 2.30. The first kappa shape index (κ1) is 18.0. The molecule has 134 valence electrons. The molecule has 1 N–H and O–H groups in total. The van der Waals surface area contributed by atoms with E-state index in [1.165, 1.54) is 24.5 Å². The molecule has 1 aromatic heterocycles. The molecule has 4 nitrogen and oxygen atoms in total. The first-order valence-corrected chi connectivity index (χ1v) is 7.96. The Labute approximate surface area is 151 Å². The predicted molar refractivity (Wildman–Crippen MR) is 93.6 cm³/mol. The lowest BCUT2D eigenvalue weighted by Gasteiger charge is -2.12. The molecule has 0 saturated heterocycles. The first-order valence-electron chi connectivity index (χ1n) is 7.59. The summed E-state index contributed by atoms with van der Waals surface area (Å²) in [6.07, 6.45) is -1.83. The van der Waals surface area contributed by atoms with Gasteiger partial charge in [-0.05, 0) is 29.8 Å². The molecular formula is C18H13ClF3N3O. The number of nitrogens with zero attached hydrogens (tertiary/aromatic N) is 2. The molecule has 8 heteroatoms. The summed E-state index contributed by atoms with van der Waals surface area (Å²) in [7, 11) is 0. The van der Waals surface area contributed by atoms with Crippen molar-refractivity contribution in [3.8, 4) is 5.69 Å². The van der Waals surface area contributed by atoms with Gasteiger partial charge in [-0.25, -0.2) is 4.98 Å². The minimum Gasteiger partial charge on any atom is -0.361 e. The molecule has 0 amide bonds. The van der Waals surface area contributed by atoms with E-state index >= 15 is 0 Å². The van der Waals surface area contributed by atoms with Crippen molar-refractivity contribution < 1.29 is 13.2 Å². The standard InChI is InChI=1S/C18H13ClF3N3O/c19-15-7-2-1-4-12(15)11-24-16-17(26)25(9-8-23-16)14-6-3-5-13(10-14)18(20,21)22/h1-10H,11H2,(H,23,24). The number of aromatic nitrogens is 2. The summed E-state index contributed by atoms with van der Waals surface area (Å²) in [4.78, 5) is 16.5. The topological polar surface area (TPSA) is 46.9 Å². The van der Waals surface area contributed by atoms with Crippen molar-refractivity contribution in [2.45, 2.75) is 12.7 Å². The van der Waals surface area contributed by atoms with Gasteiger partial charge in [0.15, 0.2) is 5.82 Å². The van der Waals surface area contributed by atoms with E-state index < -0.39 is 17.3 Å². The molecule has 0 aliphatic carbocycles. The molecule has 0 aliphatic heterocycles. The van der Waals surface area contributed by atoms with Gasteiger partial charge in [0.2, 0.25) is 0 Å². The van der Waals surface area contributed by atoms with Gasteiger partial charge in [-0.2, -0.15) is 13.2 Å². The van der Waals surface area contributed by atoms with Crippen LogP contribution in [0.3, 0.4) is 0 Å². The smallest absolute Gasteiger partial charge is 0.361 e. The molecule has 0 atom stereocenters. The average Bonchev–Trinajstić information content (AvgIpc) is 2.61. The number of rotatable bonds is 4. The van der Waals surface area contributed by atoms with E-state index in [1.807, 2.05) is 6.07 Å². The lowest BCUT2D eigenvalue weighted by molar-refractivity contribution is -0.137. The number of hydrogen-bond acceptors (Lipinski definition) is 3. The van der Waals surface area contributed by atoms with Gasteiger partial charge in [0.1, 0.15) is 0 Å². The molecule has 0 saturated carbocycles. The Bertz CT molecular complexity index is 986. The number of alkyl halides is 3. The number of halogens is 4. The minimum atomic E-state index is -4.49. The molecule has 3 aromatic rings. The molecule has 0 bridgehead atoms. The lowest BCUT2D eigenvalue weighted by atomic mass is 10.2. The second-order valence-electron chi connectivity index (χ2n) is 5.44. The molecule has 26 heavy (non-hydrogen) atoms. The Morgan fingerprint density at radius 2 is 1.88 bits per heavy atom. The van der Waals surface area contributed by atoms with Gasteiger partial charge in [-0.3, -0.25) is 9.36 Å². The Morgan fingerprint density at radius 3 is 2.62 bits per heavy atom. The van der Waals surface area contributed by atoms with Crippen molar-refractivity contribution >= 4 is 17.4 Å². The van der Waals surface area contributed by atoms with Crippen molar-refractivity contribution in [2.75, 3.05) is 5.32 Å². The molecule has 0 spiro atoms. The molecule has 0 aliphatic rings. The van der Waals surface area contributed by atoms with E-state index in [1.54, 1.807) is 18.2 Å². The Balaban J connectivity index is 1.91. The van der Waals surface area contributed by atoms with Crippen molar-refractivity contribution in [1.29, 1.82) is 0 Å². The van der Waals surface area contributed by atoms with Gasteiger partial charge < -0.3 is 5.32 Å². The maximum atomic E-state index is 12.9. The van der Waals surface area contributed by atoms with E-state index in [4.69, 9.17) is 11.6 Å². The number of anilines is 1. The van der Waals surface area contributed by atoms with Crippen LogP contribution in [0.1, 0.15) is 11.1 Å². The summed E-state index contributed by atoms with van der Waals surface area (Å²) >= 11 is 6.07. The van der Waals surface area contributed by atoms with Gasteiger partial charge in [-0.1, -0.05) is 35.9 Å². The Morgan fingerprint density at radius 1 is 1.12 bits per heavy atom. The van der Waals surface area contributed by atoms with Crippen LogP contribution in [-0.4, -0.2) is 9.55 Å². The normalized spacial score (nSPS) is 11.4. The monoisotopic (exact) mass is 379 g/mol. The third-order valence-corrected chi connectivity index (χ3v) is 4.07. The molecule has 0 radical (unpaired) electrons. The van der Waals surface area contributed by atoms with Crippen LogP contribution in [0, 0.1) is 0 Å². The first-order chi connectivity index (χ1) is 12.4. The maximum Gasteiger partial charge on any atom is 0.416 e. The van der Waals surface area contributed by atoms with E-state index in [0.717, 1.165) is 22.3 Å². The van der Waals surface area contributed by atoms with Gasteiger partial charge in [0.05, 0.1) is 5.56 Å². The quantitative estimate of drug-likeness (QED) is 0.725. The summed E-state index contributed by atoms with van der Waals surface area (Å²) in [5.41, 5.74) is -0.513. The third kappa shape index (κ3) is 3.88. The summed E-state index contributed by atoms with van der Waals surface area (Å²) in [5, 5.41) is 3.41. The maximum absolute atomic E-state index is 12.9. The highest BCUT2D eigenvalue weighted by atomic mass is 35.5. The third-order valence-electron chi connectivity index (χ3n) is 3.70. The average molecular weight is 380 g/mol. The van der Waals surface area contributed by atoms with Crippen LogP contribution in [0.25, 0.3) is 5.69 Å². The van der Waals surface area contributed by atoms with Crippen LogP contribution >= 0.6 is 11.6 Å². The molecular weight excluding hydrogens is 367 g/mol. The number of nitrogens with one attached hydrogen (secondary N) is 1. The fraction of sp³-hybridized carbons (Fsp3) is 0.111. The molecule has 2 aromatic carbocycles. The molecule has 3 rings (SSSR count). The number of benzene rings is 2. The molecule has 0 unspecified atom stereocenters. The van der Waals surface area contributed by atoms with Crippen molar-refractivity contribution in [1.82, 2.24) is 9.55 Å². The second kappa shape index (κ2) is 7.21. The summed E-state index contributed by atoms with van der Waals surface area (Å²) in [5.74, 6) is 0.0184. The number of hydrogen-bond donors (Lipinski definition) is 1. The van der Waals surface area contributed by atoms with Crippen molar-refractivity contribution in [3.05, 3.63) is 87.4 Å². The van der Waals surface area contributed by atoms with Crippen LogP contribution in [-0.2, 0) is 12.7 Å². The van der Waals surface area contributed by atoms with Gasteiger partial charge in [0, 0.05) is 29.6 Å². The summed E-state index contributed by atoms with van der Waals surface area (Å²) < 4.78 is 39.8. The predicted octanol–water partition coefficient (Wildman–Crippen LogP) is 4.52. The summed E-state index contributed by atoms with van der Waals surface area (Å²) in [6.45, 7) is 0.258. The zero-order chi connectivity index (χ0) is 18.7. The van der Waals surface area contributed by atoms with Crippen LogP contribution in [0.15, 0.2) is 65.7 Å². The van der Waals surface area contributed by atoms with Crippen LogP contribution in [0.5, 0.6) is 0 Å². The fourth-order valence-corrected chi connectivity index (χ4v) is 2.59. The lowest BCUT2D eigenvalue weighted by Crippen LogP contribution is -2.23. The van der Waals surface area contributed by atoms with Crippen LogP contribution in [0.4, 0.5) is 19.0 Å². The second-order valence-corrected chi connectivity index (χ2v) is 5.85. The van der Waals surface area contributed by atoms with Gasteiger partial charge in [0.25, 0.3) is 5.56 Å². The zero-order valence-corrected chi connectivity index (χ0v) is 14.1. The largest absolute Gasteiger partial charge is 0.416 e. The molecule has 1 heterocycles. The Hall–Kier alpha value is -2.80. The fourth-order valence-electron chi connectivity index (χ4n) is 2.39. The van der Waals surface area contributed by atoms with E-state index in [-0.39, 0.29) is 18.1 Å². The van der Waals surface area contributed by atoms with Crippen molar-refractivity contribution in [3.63, 3.8) is 0 Å². The summed E-state index contributed by atoms with van der Waals surface area (Å²) in [6, 6.07) is 11.7. The molecule has 0 fully saturated rings. The van der Waals surface area contributed by atoms with Crippen LogP contribution < -0.4 is 10.9 Å². The highest BCUT2D eigenvalue weighted by Crippen LogP contribution is 2.30. The van der Waals surface area contributed by atoms with E-state index in [9.17, 15) is 18.0 Å². The SMILES string of the molecule is O=c1c(NCc2ccccc2Cl)nccn1-c1cccc(C(F)(F)F)c1. The van der Waals surface area contributed by atoms with E-state index in [2.05, 4.69) is 10.3 Å². The zero-order valence-electron chi connectivity index (χ0n) is 13.3. The van der Waals surface area contributed by atoms with Crippen LogP contribution in [0.2, 0.25) is 5.02 Å². The van der Waals surface area contributed by atoms with Crippen molar-refractivity contribution in [2.24, 2.45) is 0 Å². The Kier molecular flexibility index (Phi) is 4.99. The van der Waals surface area contributed by atoms with Gasteiger partial charge in [-0.15, -0.1) is 0 Å².